The summed E-state index contributed by atoms with van der Waals surface area (Å²) in [7, 11) is 2.09. The smallest absolute Gasteiger partial charge is 0.108 e. The van der Waals surface area contributed by atoms with Gasteiger partial charge in [0.2, 0.25) is 0 Å². The Kier molecular flexibility index (Phi) is 4.75. The van der Waals surface area contributed by atoms with Crippen molar-refractivity contribution >= 4 is 15.9 Å². The number of hydrogen-bond acceptors (Lipinski definition) is 1. The largest absolute Gasteiger partial charge is 0.338 e. The average Bonchev–Trinajstić information content (AvgIpc) is 2.72. The SMILES string of the molecule is Cn1ccnc1CCC1CC(C(C)(C)C)CCC1Br. The van der Waals surface area contributed by atoms with E-state index in [0.29, 0.717) is 10.2 Å². The summed E-state index contributed by atoms with van der Waals surface area (Å²) in [6, 6.07) is 0. The van der Waals surface area contributed by atoms with E-state index < -0.39 is 0 Å². The fraction of sp³-hybridized carbons (Fsp3) is 0.812. The number of aryl methyl sites for hydroxylation is 2. The fourth-order valence-corrected chi connectivity index (χ4v) is 4.01. The van der Waals surface area contributed by atoms with Gasteiger partial charge in [0.05, 0.1) is 0 Å². The number of hydrogen-bond donors (Lipinski definition) is 0. The van der Waals surface area contributed by atoms with Gasteiger partial charge in [0.25, 0.3) is 0 Å². The van der Waals surface area contributed by atoms with Gasteiger partial charge >= 0.3 is 0 Å². The number of nitrogens with zero attached hydrogens (tertiary/aromatic N) is 2. The second-order valence-corrected chi connectivity index (χ2v) is 8.32. The van der Waals surface area contributed by atoms with E-state index >= 15 is 0 Å². The number of halogens is 1. The van der Waals surface area contributed by atoms with Gasteiger partial charge in [-0.25, -0.2) is 4.98 Å². The lowest BCUT2D eigenvalue weighted by molar-refractivity contribution is 0.142. The molecule has 0 aromatic carbocycles. The molecule has 1 aromatic rings. The molecule has 1 aliphatic carbocycles. The molecule has 0 aliphatic heterocycles. The third-order valence-corrected chi connectivity index (χ3v) is 5.98. The molecule has 0 radical (unpaired) electrons. The van der Waals surface area contributed by atoms with Gasteiger partial charge in [-0.3, -0.25) is 0 Å². The first-order valence-electron chi connectivity index (χ1n) is 7.48. The van der Waals surface area contributed by atoms with E-state index in [2.05, 4.69) is 53.3 Å². The van der Waals surface area contributed by atoms with Gasteiger partial charge in [-0.1, -0.05) is 36.7 Å². The molecule has 1 heterocycles. The molecule has 2 nitrogen and oxygen atoms in total. The average molecular weight is 327 g/mol. The zero-order chi connectivity index (χ0) is 14.0. The first-order chi connectivity index (χ1) is 8.88. The van der Waals surface area contributed by atoms with Crippen LogP contribution in [0.3, 0.4) is 0 Å². The van der Waals surface area contributed by atoms with Gasteiger partial charge in [-0.05, 0) is 42.9 Å². The van der Waals surface area contributed by atoms with Crippen molar-refractivity contribution < 1.29 is 0 Å². The highest BCUT2D eigenvalue weighted by molar-refractivity contribution is 9.09. The van der Waals surface area contributed by atoms with Gasteiger partial charge in [0.15, 0.2) is 0 Å². The summed E-state index contributed by atoms with van der Waals surface area (Å²) < 4.78 is 2.15. The van der Waals surface area contributed by atoms with Crippen LogP contribution < -0.4 is 0 Å². The molecule has 2 rings (SSSR count). The minimum absolute atomic E-state index is 0.453. The molecule has 0 spiro atoms. The van der Waals surface area contributed by atoms with Gasteiger partial charge in [0.1, 0.15) is 5.82 Å². The van der Waals surface area contributed by atoms with Crippen molar-refractivity contribution in [2.24, 2.45) is 24.3 Å². The van der Waals surface area contributed by atoms with E-state index in [0.717, 1.165) is 18.3 Å². The highest BCUT2D eigenvalue weighted by atomic mass is 79.9. The third kappa shape index (κ3) is 3.84. The Labute approximate surface area is 126 Å². The van der Waals surface area contributed by atoms with Gasteiger partial charge in [-0.2, -0.15) is 0 Å². The topological polar surface area (TPSA) is 17.8 Å². The van der Waals surface area contributed by atoms with Gasteiger partial charge in [-0.15, -0.1) is 0 Å². The maximum absolute atomic E-state index is 4.44. The molecule has 19 heavy (non-hydrogen) atoms. The van der Waals surface area contributed by atoms with Crippen LogP contribution in [-0.2, 0) is 13.5 Å². The van der Waals surface area contributed by atoms with Crippen molar-refractivity contribution in [3.05, 3.63) is 18.2 Å². The minimum Gasteiger partial charge on any atom is -0.338 e. The van der Waals surface area contributed by atoms with Crippen molar-refractivity contribution in [2.75, 3.05) is 0 Å². The molecule has 3 atom stereocenters. The maximum Gasteiger partial charge on any atom is 0.108 e. The maximum atomic E-state index is 4.44. The molecule has 1 aliphatic rings. The summed E-state index contributed by atoms with van der Waals surface area (Å²) in [6.07, 6.45) is 10.4. The second-order valence-electron chi connectivity index (χ2n) is 7.15. The fourth-order valence-electron chi connectivity index (χ4n) is 3.26. The molecule has 0 amide bonds. The highest BCUT2D eigenvalue weighted by Gasteiger charge is 2.34. The molecular formula is C16H27BrN2. The van der Waals surface area contributed by atoms with Gasteiger partial charge < -0.3 is 4.57 Å². The van der Waals surface area contributed by atoms with Crippen LogP contribution in [0.5, 0.6) is 0 Å². The Hall–Kier alpha value is -0.310. The van der Waals surface area contributed by atoms with Crippen LogP contribution in [0.25, 0.3) is 0 Å². The van der Waals surface area contributed by atoms with E-state index in [-0.39, 0.29) is 0 Å². The van der Waals surface area contributed by atoms with Crippen LogP contribution in [0.4, 0.5) is 0 Å². The predicted octanol–water partition coefficient (Wildman–Crippen LogP) is 4.58. The molecule has 1 fully saturated rings. The first-order valence-corrected chi connectivity index (χ1v) is 8.39. The van der Waals surface area contributed by atoms with Crippen LogP contribution in [0.15, 0.2) is 12.4 Å². The van der Waals surface area contributed by atoms with E-state index in [9.17, 15) is 0 Å². The van der Waals surface area contributed by atoms with E-state index in [4.69, 9.17) is 0 Å². The molecule has 0 N–H and O–H groups in total. The molecule has 1 saturated carbocycles. The monoisotopic (exact) mass is 326 g/mol. The zero-order valence-corrected chi connectivity index (χ0v) is 14.3. The van der Waals surface area contributed by atoms with Gasteiger partial charge in [0, 0.05) is 30.7 Å². The van der Waals surface area contributed by atoms with Crippen molar-refractivity contribution in [1.82, 2.24) is 9.55 Å². The summed E-state index contributed by atoms with van der Waals surface area (Å²) in [5.41, 5.74) is 0.453. The molecule has 3 heteroatoms. The normalized spacial score (nSPS) is 28.6. The van der Waals surface area contributed by atoms with Crippen LogP contribution in [0.1, 0.15) is 52.3 Å². The molecule has 3 unspecified atom stereocenters. The van der Waals surface area contributed by atoms with Crippen molar-refractivity contribution in [2.45, 2.75) is 57.7 Å². The van der Waals surface area contributed by atoms with Crippen LogP contribution in [0, 0.1) is 17.3 Å². The lowest BCUT2D eigenvalue weighted by Crippen LogP contribution is -2.32. The van der Waals surface area contributed by atoms with Crippen LogP contribution >= 0.6 is 15.9 Å². The van der Waals surface area contributed by atoms with E-state index in [1.165, 1.54) is 31.5 Å². The molecular weight excluding hydrogens is 300 g/mol. The third-order valence-electron chi connectivity index (χ3n) is 4.77. The standard InChI is InChI=1S/C16H27BrN2/c1-16(2,3)13-6-7-14(17)12(11-13)5-8-15-18-9-10-19(15)4/h9-10,12-14H,5-8,11H2,1-4H3. The second kappa shape index (κ2) is 5.99. The summed E-state index contributed by atoms with van der Waals surface area (Å²) in [5, 5.41) is 0. The molecule has 0 saturated heterocycles. The van der Waals surface area contributed by atoms with Crippen molar-refractivity contribution in [3.63, 3.8) is 0 Å². The predicted molar refractivity (Wildman–Crippen MR) is 84.5 cm³/mol. The summed E-state index contributed by atoms with van der Waals surface area (Å²) >= 11 is 3.90. The molecule has 1 aromatic heterocycles. The van der Waals surface area contributed by atoms with Crippen molar-refractivity contribution in [1.29, 1.82) is 0 Å². The molecule has 108 valence electrons. The summed E-state index contributed by atoms with van der Waals surface area (Å²) in [5.74, 6) is 2.89. The Morgan fingerprint density at radius 1 is 1.37 bits per heavy atom. The Balaban J connectivity index is 1.93. The Morgan fingerprint density at radius 2 is 2.11 bits per heavy atom. The number of imidazole rings is 1. The lowest BCUT2D eigenvalue weighted by atomic mass is 9.68. The number of aromatic nitrogens is 2. The minimum atomic E-state index is 0.453. The summed E-state index contributed by atoms with van der Waals surface area (Å²) in [4.78, 5) is 5.14. The molecule has 0 bridgehead atoms. The summed E-state index contributed by atoms with van der Waals surface area (Å²) in [6.45, 7) is 7.17. The Morgan fingerprint density at radius 3 is 2.68 bits per heavy atom. The Bertz CT molecular complexity index is 405. The zero-order valence-electron chi connectivity index (χ0n) is 12.7. The quantitative estimate of drug-likeness (QED) is 0.743. The number of alkyl halides is 1. The highest BCUT2D eigenvalue weighted by Crippen LogP contribution is 2.43. The van der Waals surface area contributed by atoms with Crippen LogP contribution in [0.2, 0.25) is 0 Å². The van der Waals surface area contributed by atoms with E-state index in [1.54, 1.807) is 0 Å². The first kappa shape index (κ1) is 15.1. The van der Waals surface area contributed by atoms with Crippen LogP contribution in [-0.4, -0.2) is 14.4 Å². The van der Waals surface area contributed by atoms with E-state index in [1.807, 2.05) is 12.4 Å². The van der Waals surface area contributed by atoms with Crippen molar-refractivity contribution in [3.8, 4) is 0 Å². The number of rotatable bonds is 3. The lowest BCUT2D eigenvalue weighted by Gasteiger charge is -2.40.